The Morgan fingerprint density at radius 1 is 0.615 bits per heavy atom. The number of hydrogen-bond donors (Lipinski definition) is 0. The topological polar surface area (TPSA) is 35.5 Å². The molecule has 39 heavy (non-hydrogen) atoms. The quantitative estimate of drug-likeness (QED) is 0.221. The molecule has 3 nitrogen and oxygen atoms in total. The zero-order chi connectivity index (χ0) is 27.0. The molecule has 3 heteroatoms. The summed E-state index contributed by atoms with van der Waals surface area (Å²) in [6.07, 6.45) is 6.49. The summed E-state index contributed by atoms with van der Waals surface area (Å²) < 4.78 is 12.4. The largest absolute Gasteiger partial charge is 0.488 e. The van der Waals surface area contributed by atoms with Gasteiger partial charge in [-0.15, -0.1) is 0 Å². The minimum Gasteiger partial charge on any atom is -0.488 e. The molecule has 5 rings (SSSR count). The molecule has 1 aliphatic rings. The standard InChI is InChI=1S/C36H34O3/c1-26-16-18-34(38-24-28-10-5-3-6-11-28)32(20-26)22-30-14-9-15-31(36(30)37)23-33-21-27(2)17-19-35(33)39-25-29-12-7-4-8-13-29/h3-8,10-13,16-23H,9,14-15,24-25H2,1-2H3. The van der Waals surface area contributed by atoms with E-state index in [4.69, 9.17) is 9.47 Å². The van der Waals surface area contributed by atoms with E-state index in [9.17, 15) is 4.79 Å². The summed E-state index contributed by atoms with van der Waals surface area (Å²) >= 11 is 0. The smallest absolute Gasteiger partial charge is 0.185 e. The van der Waals surface area contributed by atoms with Gasteiger partial charge >= 0.3 is 0 Å². The van der Waals surface area contributed by atoms with Crippen molar-refractivity contribution in [2.24, 2.45) is 0 Å². The second-order valence-corrected chi connectivity index (χ2v) is 10.2. The average molecular weight is 515 g/mol. The fraction of sp³-hybridized carbons (Fsp3) is 0.194. The molecule has 0 amide bonds. The normalized spacial score (nSPS) is 15.5. The van der Waals surface area contributed by atoms with Gasteiger partial charge in [-0.25, -0.2) is 0 Å². The molecule has 0 N–H and O–H groups in total. The number of ketones is 1. The van der Waals surface area contributed by atoms with Crippen molar-refractivity contribution in [2.75, 3.05) is 0 Å². The maximum absolute atomic E-state index is 13.7. The fourth-order valence-corrected chi connectivity index (χ4v) is 4.85. The lowest BCUT2D eigenvalue weighted by molar-refractivity contribution is -0.112. The number of carbonyl (C=O) groups excluding carboxylic acids is 1. The van der Waals surface area contributed by atoms with Crippen molar-refractivity contribution in [3.05, 3.63) is 142 Å². The molecule has 0 aliphatic heterocycles. The number of hydrogen-bond acceptors (Lipinski definition) is 3. The molecular weight excluding hydrogens is 480 g/mol. The van der Waals surface area contributed by atoms with Crippen molar-refractivity contribution < 1.29 is 14.3 Å². The Morgan fingerprint density at radius 2 is 1.05 bits per heavy atom. The maximum Gasteiger partial charge on any atom is 0.185 e. The molecule has 1 fully saturated rings. The van der Waals surface area contributed by atoms with Crippen LogP contribution in [0.4, 0.5) is 0 Å². The molecule has 4 aromatic rings. The van der Waals surface area contributed by atoms with E-state index in [1.165, 1.54) is 0 Å². The highest BCUT2D eigenvalue weighted by molar-refractivity contribution is 6.14. The van der Waals surface area contributed by atoms with E-state index in [-0.39, 0.29) is 5.78 Å². The van der Waals surface area contributed by atoms with Crippen LogP contribution in [0.3, 0.4) is 0 Å². The van der Waals surface area contributed by atoms with Crippen LogP contribution in [0.1, 0.15) is 52.6 Å². The van der Waals surface area contributed by atoms with Crippen LogP contribution in [0.25, 0.3) is 12.2 Å². The van der Waals surface area contributed by atoms with Crippen molar-refractivity contribution >= 4 is 17.9 Å². The second kappa shape index (κ2) is 12.4. The highest BCUT2D eigenvalue weighted by Gasteiger charge is 2.22. The predicted octanol–water partition coefficient (Wildman–Crippen LogP) is 8.68. The number of aryl methyl sites for hydroxylation is 2. The molecule has 0 unspecified atom stereocenters. The predicted molar refractivity (Wildman–Crippen MR) is 159 cm³/mol. The lowest BCUT2D eigenvalue weighted by Gasteiger charge is -2.18. The van der Waals surface area contributed by atoms with Crippen LogP contribution in [0.15, 0.2) is 108 Å². The summed E-state index contributed by atoms with van der Waals surface area (Å²) in [7, 11) is 0. The van der Waals surface area contributed by atoms with E-state index in [0.29, 0.717) is 13.2 Å². The highest BCUT2D eigenvalue weighted by Crippen LogP contribution is 2.33. The molecule has 0 bridgehead atoms. The van der Waals surface area contributed by atoms with Crippen LogP contribution in [0.2, 0.25) is 0 Å². The van der Waals surface area contributed by atoms with E-state index in [1.807, 2.05) is 72.8 Å². The molecular formula is C36H34O3. The van der Waals surface area contributed by atoms with Gasteiger partial charge in [-0.05, 0) is 80.7 Å². The van der Waals surface area contributed by atoms with Crippen LogP contribution in [-0.2, 0) is 18.0 Å². The maximum atomic E-state index is 13.7. The summed E-state index contributed by atoms with van der Waals surface area (Å²) in [5.41, 5.74) is 8.01. The van der Waals surface area contributed by atoms with Gasteiger partial charge in [-0.2, -0.15) is 0 Å². The van der Waals surface area contributed by atoms with Gasteiger partial charge in [0.15, 0.2) is 5.78 Å². The van der Waals surface area contributed by atoms with Crippen molar-refractivity contribution in [3.8, 4) is 11.5 Å². The molecule has 4 aromatic carbocycles. The van der Waals surface area contributed by atoms with E-state index < -0.39 is 0 Å². The summed E-state index contributed by atoms with van der Waals surface area (Å²) in [6.45, 7) is 5.09. The van der Waals surface area contributed by atoms with Gasteiger partial charge in [0.25, 0.3) is 0 Å². The second-order valence-electron chi connectivity index (χ2n) is 10.2. The summed E-state index contributed by atoms with van der Waals surface area (Å²) in [4.78, 5) is 13.7. The lowest BCUT2D eigenvalue weighted by atomic mass is 9.86. The van der Waals surface area contributed by atoms with Gasteiger partial charge in [0.1, 0.15) is 24.7 Å². The van der Waals surface area contributed by atoms with Crippen LogP contribution in [-0.4, -0.2) is 5.78 Å². The summed E-state index contributed by atoms with van der Waals surface area (Å²) in [6, 6.07) is 32.5. The third-order valence-electron chi connectivity index (χ3n) is 6.94. The van der Waals surface area contributed by atoms with Crippen molar-refractivity contribution in [1.82, 2.24) is 0 Å². The molecule has 0 aromatic heterocycles. The van der Waals surface area contributed by atoms with E-state index >= 15 is 0 Å². The number of rotatable bonds is 8. The minimum atomic E-state index is 0.104. The van der Waals surface area contributed by atoms with E-state index in [1.54, 1.807) is 0 Å². The zero-order valence-electron chi connectivity index (χ0n) is 22.7. The van der Waals surface area contributed by atoms with Crippen LogP contribution >= 0.6 is 0 Å². The number of ether oxygens (including phenoxy) is 2. The lowest BCUT2D eigenvalue weighted by Crippen LogP contribution is -2.12. The number of benzene rings is 4. The fourth-order valence-electron chi connectivity index (χ4n) is 4.85. The Kier molecular flexibility index (Phi) is 8.38. The van der Waals surface area contributed by atoms with Crippen LogP contribution in [0.5, 0.6) is 11.5 Å². The molecule has 1 saturated carbocycles. The molecule has 1 aliphatic carbocycles. The third-order valence-corrected chi connectivity index (χ3v) is 6.94. The van der Waals surface area contributed by atoms with Crippen molar-refractivity contribution in [3.63, 3.8) is 0 Å². The Balaban J connectivity index is 1.39. The first-order chi connectivity index (χ1) is 19.0. The van der Waals surface area contributed by atoms with E-state index in [2.05, 4.69) is 50.2 Å². The SMILES string of the molecule is Cc1ccc(OCc2ccccc2)c(C=C2CCCC(=Cc3cc(C)ccc3OCc3ccccc3)C2=O)c1. The number of allylic oxidation sites excluding steroid dienone is 2. The first kappa shape index (κ1) is 26.2. The Labute approximate surface area is 231 Å². The van der Waals surface area contributed by atoms with Crippen LogP contribution < -0.4 is 9.47 Å². The van der Waals surface area contributed by atoms with Crippen molar-refractivity contribution in [1.29, 1.82) is 0 Å². The van der Waals surface area contributed by atoms with E-state index in [0.717, 1.165) is 75.3 Å². The zero-order valence-corrected chi connectivity index (χ0v) is 22.7. The minimum absolute atomic E-state index is 0.104. The monoisotopic (exact) mass is 514 g/mol. The molecule has 0 heterocycles. The molecule has 0 spiro atoms. The first-order valence-corrected chi connectivity index (χ1v) is 13.6. The third kappa shape index (κ3) is 6.94. The van der Waals surface area contributed by atoms with Gasteiger partial charge < -0.3 is 9.47 Å². The molecule has 0 radical (unpaired) electrons. The van der Waals surface area contributed by atoms with Gasteiger partial charge in [-0.1, -0.05) is 83.9 Å². The number of carbonyl (C=O) groups is 1. The first-order valence-electron chi connectivity index (χ1n) is 13.6. The Hall–Kier alpha value is -4.37. The van der Waals surface area contributed by atoms with Crippen LogP contribution in [0, 0.1) is 13.8 Å². The summed E-state index contributed by atoms with van der Waals surface area (Å²) in [5.74, 6) is 1.68. The summed E-state index contributed by atoms with van der Waals surface area (Å²) in [5, 5.41) is 0. The van der Waals surface area contributed by atoms with Gasteiger partial charge in [0, 0.05) is 22.3 Å². The molecule has 196 valence electrons. The number of Topliss-reactive ketones (excluding diaryl/α,β-unsaturated/α-hetero) is 1. The average Bonchev–Trinajstić information content (AvgIpc) is 2.95. The van der Waals surface area contributed by atoms with Gasteiger partial charge in [0.05, 0.1) is 0 Å². The molecule has 0 saturated heterocycles. The Morgan fingerprint density at radius 3 is 1.49 bits per heavy atom. The van der Waals surface area contributed by atoms with Gasteiger partial charge in [0.2, 0.25) is 0 Å². The Bertz CT molecular complexity index is 1380. The van der Waals surface area contributed by atoms with Crippen molar-refractivity contribution in [2.45, 2.75) is 46.3 Å². The highest BCUT2D eigenvalue weighted by atomic mass is 16.5. The van der Waals surface area contributed by atoms with Gasteiger partial charge in [-0.3, -0.25) is 4.79 Å². The molecule has 0 atom stereocenters.